The number of rotatable bonds is 4. The molecular formula is C17H16N3O+. The molecule has 0 aliphatic rings. The zero-order valence-electron chi connectivity index (χ0n) is 11.6. The lowest BCUT2D eigenvalue weighted by Gasteiger charge is -2.03. The molecule has 0 aliphatic heterocycles. The quantitative estimate of drug-likeness (QED) is 0.745. The van der Waals surface area contributed by atoms with E-state index >= 15 is 0 Å². The lowest BCUT2D eigenvalue weighted by molar-refractivity contribution is -0.572. The summed E-state index contributed by atoms with van der Waals surface area (Å²) in [4.78, 5) is 11.5. The maximum atomic E-state index is 11.5. The van der Waals surface area contributed by atoms with Gasteiger partial charge < -0.3 is 0 Å². The zero-order valence-corrected chi connectivity index (χ0v) is 11.6. The van der Waals surface area contributed by atoms with Gasteiger partial charge in [-0.2, -0.15) is 0 Å². The molecule has 21 heavy (non-hydrogen) atoms. The van der Waals surface area contributed by atoms with Crippen LogP contribution < -0.4 is 4.54 Å². The van der Waals surface area contributed by atoms with E-state index < -0.39 is 0 Å². The molecule has 0 saturated carbocycles. The zero-order chi connectivity index (χ0) is 14.5. The van der Waals surface area contributed by atoms with Crippen molar-refractivity contribution in [1.29, 1.82) is 0 Å². The number of aromatic amines is 1. The summed E-state index contributed by atoms with van der Waals surface area (Å²) >= 11 is 0. The fourth-order valence-corrected chi connectivity index (χ4v) is 2.33. The average Bonchev–Trinajstić information content (AvgIpc) is 2.52. The van der Waals surface area contributed by atoms with E-state index in [1.54, 1.807) is 6.20 Å². The summed E-state index contributed by atoms with van der Waals surface area (Å²) in [5, 5.41) is 6.65. The molecule has 0 radical (unpaired) electrons. The molecule has 4 heteroatoms. The fourth-order valence-electron chi connectivity index (χ4n) is 2.33. The first-order valence-corrected chi connectivity index (χ1v) is 6.89. The van der Waals surface area contributed by atoms with Crippen molar-refractivity contribution in [2.24, 2.45) is 0 Å². The largest absolute Gasteiger partial charge is 0.189 e. The Kier molecular flexibility index (Phi) is 3.87. The van der Waals surface area contributed by atoms with Gasteiger partial charge in [0.25, 0.3) is 0 Å². The smallest absolute Gasteiger partial charge is 0.0622 e. The predicted molar refractivity (Wildman–Crippen MR) is 80.5 cm³/mol. The number of nitrogens with one attached hydrogen (secondary N) is 1. The van der Waals surface area contributed by atoms with E-state index in [-0.39, 0.29) is 0 Å². The molecule has 0 saturated heterocycles. The Morgan fingerprint density at radius 1 is 0.857 bits per heavy atom. The van der Waals surface area contributed by atoms with Crippen molar-refractivity contribution >= 4 is 0 Å². The van der Waals surface area contributed by atoms with Gasteiger partial charge in [0.05, 0.1) is 10.1 Å². The van der Waals surface area contributed by atoms with Gasteiger partial charge in [0, 0.05) is 17.9 Å². The lowest BCUT2D eigenvalue weighted by atomic mass is 10.0. The molecule has 0 spiro atoms. The predicted octanol–water partition coefficient (Wildman–Crippen LogP) is 2.51. The molecule has 3 rings (SSSR count). The Balaban J connectivity index is 1.92. The van der Waals surface area contributed by atoms with Crippen LogP contribution in [0, 0.1) is 4.91 Å². The van der Waals surface area contributed by atoms with Gasteiger partial charge in [-0.3, -0.25) is 0 Å². The summed E-state index contributed by atoms with van der Waals surface area (Å²) in [6, 6.07) is 20.2. The minimum Gasteiger partial charge on any atom is -0.0622 e. The van der Waals surface area contributed by atoms with Crippen molar-refractivity contribution in [2.45, 2.75) is 12.8 Å². The third kappa shape index (κ3) is 3.42. The van der Waals surface area contributed by atoms with Crippen molar-refractivity contribution in [1.82, 2.24) is 10.3 Å². The first-order valence-electron chi connectivity index (χ1n) is 6.89. The third-order valence-electron chi connectivity index (χ3n) is 3.38. The minimum absolute atomic E-state index is 0.646. The van der Waals surface area contributed by atoms with E-state index in [4.69, 9.17) is 0 Å². The Morgan fingerprint density at radius 3 is 2.05 bits per heavy atom. The van der Waals surface area contributed by atoms with Crippen LogP contribution in [0.2, 0.25) is 0 Å². The van der Waals surface area contributed by atoms with Crippen LogP contribution in [0.15, 0.2) is 66.9 Å². The summed E-state index contributed by atoms with van der Waals surface area (Å²) in [6.45, 7) is 0. The molecule has 0 bridgehead atoms. The molecule has 3 aromatic rings. The molecule has 0 aliphatic carbocycles. The molecule has 4 nitrogen and oxygen atoms in total. The second-order valence-corrected chi connectivity index (χ2v) is 4.96. The molecular weight excluding hydrogens is 262 g/mol. The van der Waals surface area contributed by atoms with Crippen LogP contribution in [0.4, 0.5) is 0 Å². The van der Waals surface area contributed by atoms with Gasteiger partial charge in [0.15, 0.2) is 11.9 Å². The standard InChI is InChI=1S/C17H16N3O/c21-20-13-16(11-14-7-3-1-4-8-14)17(18-19-20)12-15-9-5-2-6-10-15/h1-10,13H,11-12H2,(H,19,21)/q+1. The molecule has 2 aromatic carbocycles. The van der Waals surface area contributed by atoms with Crippen molar-refractivity contribution in [3.05, 3.63) is 94.2 Å². The summed E-state index contributed by atoms with van der Waals surface area (Å²) < 4.78 is 0.646. The van der Waals surface area contributed by atoms with Crippen LogP contribution in [-0.4, -0.2) is 10.3 Å². The molecule has 0 fully saturated rings. The van der Waals surface area contributed by atoms with Gasteiger partial charge >= 0.3 is 0 Å². The minimum atomic E-state index is 0.646. The van der Waals surface area contributed by atoms with Gasteiger partial charge in [-0.25, -0.2) is 0 Å². The van der Waals surface area contributed by atoms with E-state index in [1.165, 1.54) is 11.1 Å². The van der Waals surface area contributed by atoms with E-state index in [9.17, 15) is 4.91 Å². The van der Waals surface area contributed by atoms with Crippen molar-refractivity contribution in [3.63, 3.8) is 0 Å². The lowest BCUT2D eigenvalue weighted by Crippen LogP contribution is -2.23. The maximum absolute atomic E-state index is 11.5. The first-order chi connectivity index (χ1) is 10.3. The highest BCUT2D eigenvalue weighted by Crippen LogP contribution is 2.14. The molecule has 1 N–H and O–H groups in total. The Labute approximate surface area is 122 Å². The van der Waals surface area contributed by atoms with Gasteiger partial charge in [-0.1, -0.05) is 60.7 Å². The van der Waals surface area contributed by atoms with Crippen LogP contribution in [0.1, 0.15) is 22.4 Å². The summed E-state index contributed by atoms with van der Waals surface area (Å²) in [5.41, 5.74) is 4.19. The normalized spacial score (nSPS) is 10.5. The SMILES string of the molecule is O=[n+]1cc(Cc2ccccc2)c(Cc2ccccc2)n[nH]1. The summed E-state index contributed by atoms with van der Waals surface area (Å²) in [7, 11) is 0. The van der Waals surface area contributed by atoms with E-state index in [1.807, 2.05) is 36.4 Å². The van der Waals surface area contributed by atoms with Gasteiger partial charge in [0.2, 0.25) is 0 Å². The second-order valence-electron chi connectivity index (χ2n) is 4.96. The van der Waals surface area contributed by atoms with Crippen molar-refractivity contribution in [2.75, 3.05) is 0 Å². The maximum Gasteiger partial charge on any atom is 0.189 e. The molecule has 1 heterocycles. The molecule has 0 amide bonds. The van der Waals surface area contributed by atoms with Crippen LogP contribution in [0.3, 0.4) is 0 Å². The third-order valence-corrected chi connectivity index (χ3v) is 3.38. The Bertz CT molecular complexity index is 767. The monoisotopic (exact) mass is 278 g/mol. The van der Waals surface area contributed by atoms with Crippen LogP contribution in [-0.2, 0) is 12.8 Å². The molecule has 104 valence electrons. The average molecular weight is 278 g/mol. The molecule has 0 atom stereocenters. The number of hydrogen-bond acceptors (Lipinski definition) is 2. The summed E-state index contributed by atoms with van der Waals surface area (Å²) in [6.07, 6.45) is 2.98. The number of aromatic nitrogens is 3. The topological polar surface area (TPSA) is 51.6 Å². The van der Waals surface area contributed by atoms with E-state index in [0.29, 0.717) is 17.4 Å². The Morgan fingerprint density at radius 2 is 1.43 bits per heavy atom. The second kappa shape index (κ2) is 6.13. The Hall–Kier alpha value is -2.75. The number of benzene rings is 2. The van der Waals surface area contributed by atoms with Crippen LogP contribution in [0.5, 0.6) is 0 Å². The first kappa shape index (κ1) is 13.2. The van der Waals surface area contributed by atoms with Crippen LogP contribution in [0.25, 0.3) is 0 Å². The van der Waals surface area contributed by atoms with Crippen molar-refractivity contribution in [3.8, 4) is 0 Å². The van der Waals surface area contributed by atoms with Gasteiger partial charge in [-0.15, -0.1) is 0 Å². The fraction of sp³-hybridized carbons (Fsp3) is 0.118. The highest BCUT2D eigenvalue weighted by molar-refractivity contribution is 5.29. The highest BCUT2D eigenvalue weighted by Gasteiger charge is 2.13. The van der Waals surface area contributed by atoms with E-state index in [2.05, 4.69) is 34.6 Å². The van der Waals surface area contributed by atoms with Gasteiger partial charge in [-0.05, 0) is 21.2 Å². The highest BCUT2D eigenvalue weighted by atomic mass is 16.3. The number of nitrogens with zero attached hydrogens (tertiary/aromatic N) is 2. The molecule has 1 aromatic heterocycles. The van der Waals surface area contributed by atoms with Gasteiger partial charge in [0.1, 0.15) is 0 Å². The van der Waals surface area contributed by atoms with E-state index in [0.717, 1.165) is 11.3 Å². The number of hydrogen-bond donors (Lipinski definition) is 1. The summed E-state index contributed by atoms with van der Waals surface area (Å²) in [5.74, 6) is 0. The molecule has 0 unspecified atom stereocenters. The number of H-pyrrole nitrogens is 1. The van der Waals surface area contributed by atoms with Crippen LogP contribution >= 0.6 is 0 Å². The van der Waals surface area contributed by atoms with Crippen molar-refractivity contribution < 1.29 is 4.54 Å².